The summed E-state index contributed by atoms with van der Waals surface area (Å²) in [6, 6.07) is 7.03. The zero-order chi connectivity index (χ0) is 16.7. The van der Waals surface area contributed by atoms with Crippen LogP contribution < -0.4 is 20.7 Å². The first-order valence-corrected chi connectivity index (χ1v) is 7.01. The number of carbonyl (C=O) groups is 2. The van der Waals surface area contributed by atoms with Crippen molar-refractivity contribution in [3.63, 3.8) is 0 Å². The molecule has 0 radical (unpaired) electrons. The highest BCUT2D eigenvalue weighted by molar-refractivity contribution is 5.92. The van der Waals surface area contributed by atoms with Gasteiger partial charge in [0.05, 0.1) is 25.5 Å². The van der Waals surface area contributed by atoms with Crippen LogP contribution in [-0.4, -0.2) is 42.3 Å². The number of nitrogens with one attached hydrogen (secondary N) is 3. The van der Waals surface area contributed by atoms with Crippen LogP contribution in [0.3, 0.4) is 0 Å². The Kier molecular flexibility index (Phi) is 5.70. The minimum atomic E-state index is -0.216. The molecule has 0 unspecified atom stereocenters. The van der Waals surface area contributed by atoms with Gasteiger partial charge in [-0.05, 0) is 31.3 Å². The fourth-order valence-corrected chi connectivity index (χ4v) is 1.90. The van der Waals surface area contributed by atoms with Gasteiger partial charge < -0.3 is 20.7 Å². The van der Waals surface area contributed by atoms with Crippen molar-refractivity contribution < 1.29 is 14.3 Å². The summed E-state index contributed by atoms with van der Waals surface area (Å²) in [6.07, 6.45) is 3.09. The fourth-order valence-electron chi connectivity index (χ4n) is 1.90. The molecule has 1 aromatic carbocycles. The summed E-state index contributed by atoms with van der Waals surface area (Å²) in [7, 11) is 3.27. The average Bonchev–Trinajstić information content (AvgIpc) is 2.95. The fraction of sp³-hybridized carbons (Fsp3) is 0.267. The van der Waals surface area contributed by atoms with Crippen molar-refractivity contribution in [2.75, 3.05) is 31.3 Å². The third-order valence-electron chi connectivity index (χ3n) is 2.93. The number of hydrogen-bond acceptors (Lipinski definition) is 5. The molecule has 8 heteroatoms. The van der Waals surface area contributed by atoms with Gasteiger partial charge in [-0.2, -0.15) is 5.10 Å². The number of rotatable bonds is 7. The number of benzene rings is 1. The lowest BCUT2D eigenvalue weighted by Gasteiger charge is -2.06. The van der Waals surface area contributed by atoms with Gasteiger partial charge in [-0.25, -0.2) is 0 Å². The van der Waals surface area contributed by atoms with E-state index in [1.54, 1.807) is 44.6 Å². The van der Waals surface area contributed by atoms with Crippen LogP contribution in [0.15, 0.2) is 36.7 Å². The zero-order valence-corrected chi connectivity index (χ0v) is 13.0. The van der Waals surface area contributed by atoms with E-state index in [4.69, 9.17) is 4.74 Å². The van der Waals surface area contributed by atoms with Gasteiger partial charge in [0.1, 0.15) is 12.3 Å². The van der Waals surface area contributed by atoms with Gasteiger partial charge in [-0.3, -0.25) is 14.3 Å². The zero-order valence-electron chi connectivity index (χ0n) is 13.0. The molecule has 1 heterocycles. The topological polar surface area (TPSA) is 97.3 Å². The van der Waals surface area contributed by atoms with Gasteiger partial charge in [-0.15, -0.1) is 0 Å². The van der Waals surface area contributed by atoms with Crippen LogP contribution in [-0.2, 0) is 16.1 Å². The summed E-state index contributed by atoms with van der Waals surface area (Å²) in [5.74, 6) is 0.332. The second-order valence-electron chi connectivity index (χ2n) is 4.78. The molecular weight excluding hydrogens is 298 g/mol. The molecule has 8 nitrogen and oxygen atoms in total. The number of likely N-dealkylation sites (N-methyl/N-ethyl adjacent to an activating group) is 1. The highest BCUT2D eigenvalue weighted by Gasteiger charge is 2.07. The van der Waals surface area contributed by atoms with Crippen LogP contribution in [0.1, 0.15) is 0 Å². The molecule has 0 spiro atoms. The van der Waals surface area contributed by atoms with Crippen LogP contribution in [0.25, 0.3) is 0 Å². The molecule has 0 aliphatic carbocycles. The normalized spacial score (nSPS) is 10.2. The Morgan fingerprint density at radius 2 is 1.83 bits per heavy atom. The van der Waals surface area contributed by atoms with Gasteiger partial charge in [0.2, 0.25) is 11.8 Å². The third-order valence-corrected chi connectivity index (χ3v) is 2.93. The summed E-state index contributed by atoms with van der Waals surface area (Å²) >= 11 is 0. The number of anilines is 2. The molecule has 0 bridgehead atoms. The van der Waals surface area contributed by atoms with Crippen molar-refractivity contribution in [2.45, 2.75) is 6.54 Å². The maximum absolute atomic E-state index is 12.0. The van der Waals surface area contributed by atoms with E-state index in [-0.39, 0.29) is 24.9 Å². The third kappa shape index (κ3) is 5.11. The van der Waals surface area contributed by atoms with Crippen LogP contribution >= 0.6 is 0 Å². The number of ether oxygens (including phenoxy) is 1. The van der Waals surface area contributed by atoms with Gasteiger partial charge in [0, 0.05) is 11.9 Å². The molecule has 0 saturated carbocycles. The molecule has 0 aliphatic rings. The molecule has 3 N–H and O–H groups in total. The van der Waals surface area contributed by atoms with Gasteiger partial charge in [-0.1, -0.05) is 0 Å². The number of hydrogen-bond donors (Lipinski definition) is 3. The van der Waals surface area contributed by atoms with E-state index in [9.17, 15) is 9.59 Å². The Hall–Kier alpha value is -2.87. The molecular formula is C15H19N5O3. The van der Waals surface area contributed by atoms with Crippen molar-refractivity contribution in [1.29, 1.82) is 0 Å². The number of aromatic nitrogens is 2. The SMILES string of the molecule is CNCC(=O)Nc1cnn(CC(=O)Nc2ccc(OC)cc2)c1. The van der Waals surface area contributed by atoms with E-state index in [1.807, 2.05) is 0 Å². The van der Waals surface area contributed by atoms with Gasteiger partial charge in [0.15, 0.2) is 0 Å². The Morgan fingerprint density at radius 1 is 1.13 bits per heavy atom. The summed E-state index contributed by atoms with van der Waals surface area (Å²) in [6.45, 7) is 0.261. The highest BCUT2D eigenvalue weighted by Crippen LogP contribution is 2.15. The maximum atomic E-state index is 12.0. The minimum Gasteiger partial charge on any atom is -0.497 e. The summed E-state index contributed by atoms with van der Waals surface area (Å²) in [5, 5.41) is 12.2. The first-order valence-electron chi connectivity index (χ1n) is 7.01. The van der Waals surface area contributed by atoms with E-state index in [0.717, 1.165) is 5.75 Å². The van der Waals surface area contributed by atoms with E-state index >= 15 is 0 Å². The maximum Gasteiger partial charge on any atom is 0.246 e. The summed E-state index contributed by atoms with van der Waals surface area (Å²) in [4.78, 5) is 23.4. The van der Waals surface area contributed by atoms with E-state index < -0.39 is 0 Å². The molecule has 122 valence electrons. The van der Waals surface area contributed by atoms with E-state index in [2.05, 4.69) is 21.0 Å². The van der Waals surface area contributed by atoms with Gasteiger partial charge in [0.25, 0.3) is 0 Å². The number of carbonyl (C=O) groups excluding carboxylic acids is 2. The molecule has 0 atom stereocenters. The van der Waals surface area contributed by atoms with E-state index in [0.29, 0.717) is 11.4 Å². The van der Waals surface area contributed by atoms with E-state index in [1.165, 1.54) is 10.9 Å². The van der Waals surface area contributed by atoms with Crippen molar-refractivity contribution in [3.05, 3.63) is 36.7 Å². The lowest BCUT2D eigenvalue weighted by atomic mass is 10.3. The summed E-state index contributed by atoms with van der Waals surface area (Å²) < 4.78 is 6.51. The van der Waals surface area contributed by atoms with Crippen molar-refractivity contribution in [2.24, 2.45) is 0 Å². The van der Waals surface area contributed by atoms with Crippen molar-refractivity contribution in [3.8, 4) is 5.75 Å². The first kappa shape index (κ1) is 16.5. The van der Waals surface area contributed by atoms with Crippen molar-refractivity contribution >= 4 is 23.2 Å². The van der Waals surface area contributed by atoms with Crippen LogP contribution in [0.2, 0.25) is 0 Å². The molecule has 2 amide bonds. The second-order valence-corrected chi connectivity index (χ2v) is 4.78. The minimum absolute atomic E-state index is 0.0495. The number of amides is 2. The van der Waals surface area contributed by atoms with Crippen LogP contribution in [0.4, 0.5) is 11.4 Å². The Balaban J connectivity index is 1.87. The monoisotopic (exact) mass is 317 g/mol. The Labute approximate surface area is 133 Å². The standard InChI is InChI=1S/C15H19N5O3/c1-16-8-14(21)19-12-7-17-20(9-12)10-15(22)18-11-3-5-13(23-2)6-4-11/h3-7,9,16H,8,10H2,1-2H3,(H,18,22)(H,19,21). The predicted molar refractivity (Wildman–Crippen MR) is 86.4 cm³/mol. The average molecular weight is 317 g/mol. The number of nitrogens with zero attached hydrogens (tertiary/aromatic N) is 2. The Morgan fingerprint density at radius 3 is 2.48 bits per heavy atom. The quantitative estimate of drug-likeness (QED) is 0.698. The molecule has 0 fully saturated rings. The highest BCUT2D eigenvalue weighted by atomic mass is 16.5. The van der Waals surface area contributed by atoms with Crippen LogP contribution in [0, 0.1) is 0 Å². The van der Waals surface area contributed by atoms with Crippen LogP contribution in [0.5, 0.6) is 5.75 Å². The summed E-state index contributed by atoms with van der Waals surface area (Å²) in [5.41, 5.74) is 1.22. The molecule has 0 saturated heterocycles. The molecule has 2 aromatic rings. The van der Waals surface area contributed by atoms with Crippen molar-refractivity contribution in [1.82, 2.24) is 15.1 Å². The first-order chi connectivity index (χ1) is 11.1. The second kappa shape index (κ2) is 7.95. The Bertz CT molecular complexity index is 666. The lowest BCUT2D eigenvalue weighted by Crippen LogP contribution is -2.24. The molecule has 2 rings (SSSR count). The van der Waals surface area contributed by atoms with Gasteiger partial charge >= 0.3 is 0 Å². The smallest absolute Gasteiger partial charge is 0.246 e. The lowest BCUT2D eigenvalue weighted by molar-refractivity contribution is -0.117. The largest absolute Gasteiger partial charge is 0.497 e. The predicted octanol–water partition coefficient (Wildman–Crippen LogP) is 0.688. The molecule has 1 aromatic heterocycles. The molecule has 23 heavy (non-hydrogen) atoms. The number of methoxy groups -OCH3 is 1. The molecule has 0 aliphatic heterocycles.